The molecule has 0 heterocycles. The van der Waals surface area contributed by atoms with Crippen molar-refractivity contribution in [3.63, 3.8) is 0 Å². The lowest BCUT2D eigenvalue weighted by atomic mass is 9.97. The van der Waals surface area contributed by atoms with E-state index in [1.807, 2.05) is 0 Å². The highest BCUT2D eigenvalue weighted by Gasteiger charge is 2.19. The molecule has 1 aliphatic rings. The number of hydrogen-bond donors (Lipinski definition) is 0. The van der Waals surface area contributed by atoms with Crippen molar-refractivity contribution in [2.75, 3.05) is 0 Å². The minimum atomic E-state index is 0.964. The van der Waals surface area contributed by atoms with E-state index in [-0.39, 0.29) is 0 Å². The van der Waals surface area contributed by atoms with Crippen LogP contribution in [0.2, 0.25) is 0 Å². The lowest BCUT2D eigenvalue weighted by molar-refractivity contribution is 1.26. The molecule has 0 nitrogen and oxygen atoms in total. The zero-order chi connectivity index (χ0) is 32.6. The van der Waals surface area contributed by atoms with E-state index in [1.165, 1.54) is 88.3 Å². The largest absolute Gasteiger partial charge is 0.0616 e. The molecule has 0 fully saturated rings. The third kappa shape index (κ3) is 5.90. The van der Waals surface area contributed by atoms with Crippen molar-refractivity contribution in [3.8, 4) is 33.4 Å². The lowest BCUT2D eigenvalue weighted by Gasteiger charge is -2.07. The number of fused-ring (bicyclic) bond motifs is 5. The van der Waals surface area contributed by atoms with Crippen molar-refractivity contribution in [2.45, 2.75) is 6.42 Å². The Kier molecular flexibility index (Phi) is 7.33. The minimum Gasteiger partial charge on any atom is -0.0616 e. The summed E-state index contributed by atoms with van der Waals surface area (Å²) in [7, 11) is 0. The van der Waals surface area contributed by atoms with Gasteiger partial charge in [-0.15, -0.1) is 0 Å². The smallest absolute Gasteiger partial charge is 0.00130 e. The summed E-state index contributed by atoms with van der Waals surface area (Å²) in [5, 5.41) is 5.08. The van der Waals surface area contributed by atoms with Gasteiger partial charge in [-0.3, -0.25) is 0 Å². The molecule has 49 heavy (non-hydrogen) atoms. The molecule has 0 amide bonds. The first-order chi connectivity index (χ1) is 24.2. The first-order valence-electron chi connectivity index (χ1n) is 17.0. The molecule has 8 aromatic rings. The second-order valence-electron chi connectivity index (χ2n) is 13.0. The van der Waals surface area contributed by atoms with E-state index >= 15 is 0 Å². The monoisotopic (exact) mass is 622 g/mol. The summed E-state index contributed by atoms with van der Waals surface area (Å²) in [5.41, 5.74) is 15.4. The van der Waals surface area contributed by atoms with Crippen LogP contribution in [-0.4, -0.2) is 0 Å². The Balaban J connectivity index is 0.885. The van der Waals surface area contributed by atoms with Crippen LogP contribution in [0, 0.1) is 0 Å². The van der Waals surface area contributed by atoms with E-state index in [0.717, 1.165) is 6.42 Å². The first-order valence-corrected chi connectivity index (χ1v) is 17.0. The van der Waals surface area contributed by atoms with E-state index < -0.39 is 0 Å². The quantitative estimate of drug-likeness (QED) is 0.162. The fourth-order valence-corrected chi connectivity index (χ4v) is 7.15. The van der Waals surface area contributed by atoms with Gasteiger partial charge in [0.2, 0.25) is 0 Å². The summed E-state index contributed by atoms with van der Waals surface area (Å²) in [4.78, 5) is 0. The van der Waals surface area contributed by atoms with Crippen molar-refractivity contribution in [1.82, 2.24) is 0 Å². The Morgan fingerprint density at radius 1 is 0.286 bits per heavy atom. The van der Waals surface area contributed by atoms with Crippen LogP contribution < -0.4 is 0 Å². The summed E-state index contributed by atoms with van der Waals surface area (Å²) in [6, 6.07) is 62.0. The molecule has 0 radical (unpaired) electrons. The fourth-order valence-electron chi connectivity index (χ4n) is 7.15. The van der Waals surface area contributed by atoms with Gasteiger partial charge in [-0.2, -0.15) is 0 Å². The standard InChI is InChI=1S/C49H34/c1-3-7-42-29-36(17-23-38(42)5-1)11-9-34-13-19-40(20-14-34)44-25-27-48-46(31-44)33-47-32-45(26-28-49(47)48)41-21-15-35(16-22-41)10-12-37-18-24-39-6-2-4-8-43(39)30-37/h1-32H,33H2/b11-9+,12-10+. The first kappa shape index (κ1) is 28.9. The van der Waals surface area contributed by atoms with E-state index in [9.17, 15) is 0 Å². The van der Waals surface area contributed by atoms with Gasteiger partial charge in [-0.05, 0) is 107 Å². The van der Waals surface area contributed by atoms with Gasteiger partial charge in [0.1, 0.15) is 0 Å². The Labute approximate surface area is 288 Å². The molecule has 0 unspecified atom stereocenters. The summed E-state index contributed by atoms with van der Waals surface area (Å²) >= 11 is 0. The Hall–Kier alpha value is -6.24. The van der Waals surface area contributed by atoms with Crippen molar-refractivity contribution in [2.24, 2.45) is 0 Å². The average molecular weight is 623 g/mol. The highest BCUT2D eigenvalue weighted by atomic mass is 14.2. The molecule has 0 saturated carbocycles. The van der Waals surface area contributed by atoms with Gasteiger partial charge in [0.15, 0.2) is 0 Å². The van der Waals surface area contributed by atoms with Crippen molar-refractivity contribution in [3.05, 3.63) is 203 Å². The maximum atomic E-state index is 2.38. The number of benzene rings is 8. The normalized spacial score (nSPS) is 12.2. The molecule has 0 spiro atoms. The Morgan fingerprint density at radius 2 is 0.653 bits per heavy atom. The SMILES string of the molecule is C(=C\c1ccc2ccccc2c1)/c1ccc(-c2ccc3c(c2)Cc2cc(-c4ccc(/C=C/c5ccc6ccccc6c5)cc4)ccc2-3)cc1. The molecular weight excluding hydrogens is 589 g/mol. The average Bonchev–Trinajstić information content (AvgIpc) is 3.54. The van der Waals surface area contributed by atoms with Crippen molar-refractivity contribution >= 4 is 45.8 Å². The van der Waals surface area contributed by atoms with Gasteiger partial charge in [0, 0.05) is 0 Å². The molecule has 0 saturated heterocycles. The van der Waals surface area contributed by atoms with E-state index in [0.29, 0.717) is 0 Å². The van der Waals surface area contributed by atoms with E-state index in [4.69, 9.17) is 0 Å². The molecule has 0 atom stereocenters. The molecule has 1 aliphatic carbocycles. The second kappa shape index (κ2) is 12.4. The molecule has 8 aromatic carbocycles. The highest BCUT2D eigenvalue weighted by Crippen LogP contribution is 2.40. The van der Waals surface area contributed by atoms with E-state index in [2.05, 4.69) is 194 Å². The topological polar surface area (TPSA) is 0 Å². The van der Waals surface area contributed by atoms with Crippen molar-refractivity contribution in [1.29, 1.82) is 0 Å². The van der Waals surface area contributed by atoms with Crippen LogP contribution in [0.3, 0.4) is 0 Å². The fraction of sp³-hybridized carbons (Fsp3) is 0.0204. The van der Waals surface area contributed by atoms with Gasteiger partial charge in [0.05, 0.1) is 0 Å². The molecule has 9 rings (SSSR count). The maximum Gasteiger partial charge on any atom is -0.00130 e. The van der Waals surface area contributed by atoms with Gasteiger partial charge >= 0.3 is 0 Å². The highest BCUT2D eigenvalue weighted by molar-refractivity contribution is 5.88. The van der Waals surface area contributed by atoms with Crippen LogP contribution in [0.1, 0.15) is 33.4 Å². The molecule has 0 N–H and O–H groups in total. The second-order valence-corrected chi connectivity index (χ2v) is 13.0. The zero-order valence-corrected chi connectivity index (χ0v) is 27.2. The van der Waals surface area contributed by atoms with Gasteiger partial charge < -0.3 is 0 Å². The molecule has 0 bridgehead atoms. The van der Waals surface area contributed by atoms with Gasteiger partial charge in [-0.1, -0.05) is 182 Å². The van der Waals surface area contributed by atoms with Gasteiger partial charge in [-0.25, -0.2) is 0 Å². The number of hydrogen-bond acceptors (Lipinski definition) is 0. The molecule has 0 heteroatoms. The van der Waals surface area contributed by atoms with Crippen LogP contribution in [0.5, 0.6) is 0 Å². The number of rotatable bonds is 6. The third-order valence-electron chi connectivity index (χ3n) is 9.85. The summed E-state index contributed by atoms with van der Waals surface area (Å²) in [6.45, 7) is 0. The van der Waals surface area contributed by atoms with Crippen LogP contribution in [0.25, 0.3) is 79.2 Å². The maximum absolute atomic E-state index is 2.38. The molecule has 230 valence electrons. The predicted octanol–water partition coefficient (Wildman–Crippen LogP) is 13.2. The van der Waals surface area contributed by atoms with Crippen LogP contribution in [0.4, 0.5) is 0 Å². The summed E-state index contributed by atoms with van der Waals surface area (Å²) < 4.78 is 0. The summed E-state index contributed by atoms with van der Waals surface area (Å²) in [5.74, 6) is 0. The third-order valence-corrected chi connectivity index (χ3v) is 9.85. The Morgan fingerprint density at radius 3 is 1.10 bits per heavy atom. The Bertz CT molecular complexity index is 2360. The zero-order valence-electron chi connectivity index (χ0n) is 27.2. The summed E-state index contributed by atoms with van der Waals surface area (Å²) in [6.07, 6.45) is 9.75. The molecule has 0 aliphatic heterocycles. The van der Waals surface area contributed by atoms with Crippen LogP contribution in [-0.2, 0) is 6.42 Å². The van der Waals surface area contributed by atoms with Crippen LogP contribution in [0.15, 0.2) is 170 Å². The lowest BCUT2D eigenvalue weighted by Crippen LogP contribution is -1.85. The predicted molar refractivity (Wildman–Crippen MR) is 211 cm³/mol. The van der Waals surface area contributed by atoms with Crippen molar-refractivity contribution < 1.29 is 0 Å². The van der Waals surface area contributed by atoms with E-state index in [1.54, 1.807) is 0 Å². The van der Waals surface area contributed by atoms with Gasteiger partial charge in [0.25, 0.3) is 0 Å². The minimum absolute atomic E-state index is 0.964. The molecule has 0 aromatic heterocycles. The molecular formula is C49H34. The van der Waals surface area contributed by atoms with Crippen LogP contribution >= 0.6 is 0 Å².